The maximum absolute atomic E-state index is 9.44. The van der Waals surface area contributed by atoms with Gasteiger partial charge in [-0.25, -0.2) is 4.98 Å². The van der Waals surface area contributed by atoms with E-state index in [2.05, 4.69) is 21.6 Å². The third kappa shape index (κ3) is 4.02. The number of hydrazone groups is 1. The van der Waals surface area contributed by atoms with E-state index in [1.165, 1.54) is 16.9 Å². The van der Waals surface area contributed by atoms with Crippen molar-refractivity contribution in [1.82, 2.24) is 4.98 Å². The zero-order valence-electron chi connectivity index (χ0n) is 14.2. The van der Waals surface area contributed by atoms with E-state index in [0.29, 0.717) is 21.5 Å². The Balaban J connectivity index is 1.86. The van der Waals surface area contributed by atoms with E-state index in [4.69, 9.17) is 16.3 Å². The number of rotatable bonds is 5. The molecule has 0 atom stereocenters. The second-order valence-electron chi connectivity index (χ2n) is 5.43. The predicted octanol–water partition coefficient (Wildman–Crippen LogP) is 5.12. The van der Waals surface area contributed by atoms with Crippen LogP contribution in [0.25, 0.3) is 11.3 Å². The molecule has 7 heteroatoms. The Morgan fingerprint density at radius 1 is 1.27 bits per heavy atom. The highest BCUT2D eigenvalue weighted by atomic mass is 35.5. The van der Waals surface area contributed by atoms with Crippen LogP contribution in [-0.4, -0.2) is 17.8 Å². The van der Waals surface area contributed by atoms with Gasteiger partial charge in [0.05, 0.1) is 18.5 Å². The summed E-state index contributed by atoms with van der Waals surface area (Å²) in [7, 11) is 1.55. The van der Waals surface area contributed by atoms with E-state index in [1.54, 1.807) is 25.3 Å². The molecule has 0 fully saturated rings. The molecule has 0 radical (unpaired) electrons. The summed E-state index contributed by atoms with van der Waals surface area (Å²) in [5, 5.41) is 16.6. The number of aryl methyl sites for hydroxylation is 1. The van der Waals surface area contributed by atoms with Crippen LogP contribution in [0.1, 0.15) is 10.6 Å². The Labute approximate surface area is 160 Å². The van der Waals surface area contributed by atoms with Gasteiger partial charge in [-0.05, 0) is 25.1 Å². The summed E-state index contributed by atoms with van der Waals surface area (Å²) in [5.74, 6) is 0.579. The van der Waals surface area contributed by atoms with Gasteiger partial charge >= 0.3 is 0 Å². The second kappa shape index (κ2) is 8.00. The Morgan fingerprint density at radius 2 is 2.04 bits per heavy atom. The number of benzene rings is 2. The van der Waals surface area contributed by atoms with Crippen molar-refractivity contribution < 1.29 is 4.74 Å². The van der Waals surface area contributed by atoms with E-state index < -0.39 is 0 Å². The third-order valence-electron chi connectivity index (χ3n) is 3.61. The lowest BCUT2D eigenvalue weighted by molar-refractivity contribution is 0.416. The number of methoxy groups -OCH3 is 1. The number of ether oxygens (including phenoxy) is 1. The molecule has 26 heavy (non-hydrogen) atoms. The van der Waals surface area contributed by atoms with Crippen LogP contribution in [0.2, 0.25) is 5.02 Å². The maximum Gasteiger partial charge on any atom is 0.196 e. The molecule has 2 aromatic carbocycles. The van der Waals surface area contributed by atoms with Crippen LogP contribution in [0.15, 0.2) is 52.9 Å². The molecule has 5 nitrogen and oxygen atoms in total. The number of hydrogen-bond acceptors (Lipinski definition) is 6. The molecule has 1 N–H and O–H groups in total. The second-order valence-corrected chi connectivity index (χ2v) is 6.73. The lowest BCUT2D eigenvalue weighted by Crippen LogP contribution is -2.02. The topological polar surface area (TPSA) is 70.3 Å². The number of thiazole rings is 1. The number of halogens is 1. The molecule has 3 rings (SSSR count). The highest BCUT2D eigenvalue weighted by molar-refractivity contribution is 7.12. The molecular formula is C19H15ClN4OS. The fraction of sp³-hybridized carbons (Fsp3) is 0.105. The molecular weight excluding hydrogens is 368 g/mol. The summed E-state index contributed by atoms with van der Waals surface area (Å²) in [6.07, 6.45) is 0. The molecule has 0 aliphatic rings. The van der Waals surface area contributed by atoms with Crippen molar-refractivity contribution in [3.05, 3.63) is 63.4 Å². The van der Waals surface area contributed by atoms with E-state index in [0.717, 1.165) is 11.3 Å². The first kappa shape index (κ1) is 17.9. The molecule has 3 aromatic rings. The van der Waals surface area contributed by atoms with E-state index in [-0.39, 0.29) is 5.71 Å². The minimum absolute atomic E-state index is 0.190. The Kier molecular flexibility index (Phi) is 5.52. The number of anilines is 1. The predicted molar refractivity (Wildman–Crippen MR) is 106 cm³/mol. The Hall–Kier alpha value is -2.88. The summed E-state index contributed by atoms with van der Waals surface area (Å²) < 4.78 is 5.26. The van der Waals surface area contributed by atoms with Gasteiger partial charge < -0.3 is 4.74 Å². The van der Waals surface area contributed by atoms with E-state index in [1.807, 2.05) is 36.6 Å². The fourth-order valence-corrected chi connectivity index (χ4v) is 3.18. The fourth-order valence-electron chi connectivity index (χ4n) is 2.24. The lowest BCUT2D eigenvalue weighted by Gasteiger charge is -2.07. The van der Waals surface area contributed by atoms with E-state index in [9.17, 15) is 5.26 Å². The molecule has 0 unspecified atom stereocenters. The smallest absolute Gasteiger partial charge is 0.196 e. The lowest BCUT2D eigenvalue weighted by atomic mass is 10.1. The van der Waals surface area contributed by atoms with Gasteiger partial charge in [-0.15, -0.1) is 11.3 Å². The van der Waals surface area contributed by atoms with Gasteiger partial charge in [0.25, 0.3) is 0 Å². The molecule has 0 saturated heterocycles. The van der Waals surface area contributed by atoms with Crippen molar-refractivity contribution in [2.75, 3.05) is 12.5 Å². The average molecular weight is 383 g/mol. The van der Waals surface area contributed by atoms with Crippen LogP contribution in [0.4, 0.5) is 5.69 Å². The first-order valence-electron chi connectivity index (χ1n) is 7.71. The van der Waals surface area contributed by atoms with Gasteiger partial charge in [-0.1, -0.05) is 41.4 Å². The number of nitrogens with one attached hydrogen (secondary N) is 1. The van der Waals surface area contributed by atoms with Gasteiger partial charge in [-0.3, -0.25) is 5.43 Å². The summed E-state index contributed by atoms with van der Waals surface area (Å²) >= 11 is 7.37. The molecule has 0 spiro atoms. The monoisotopic (exact) mass is 382 g/mol. The normalized spacial score (nSPS) is 11.1. The van der Waals surface area contributed by atoms with E-state index >= 15 is 0 Å². The number of hydrogen-bond donors (Lipinski definition) is 1. The highest BCUT2D eigenvalue weighted by Crippen LogP contribution is 2.28. The molecule has 0 aliphatic heterocycles. The summed E-state index contributed by atoms with van der Waals surface area (Å²) in [6.45, 7) is 2.03. The van der Waals surface area contributed by atoms with Crippen LogP contribution >= 0.6 is 22.9 Å². The first-order valence-corrected chi connectivity index (χ1v) is 8.96. The molecule has 1 heterocycles. The zero-order valence-corrected chi connectivity index (χ0v) is 15.7. The van der Waals surface area contributed by atoms with Crippen molar-refractivity contribution in [2.45, 2.75) is 6.92 Å². The Morgan fingerprint density at radius 3 is 2.73 bits per heavy atom. The molecule has 1 aromatic heterocycles. The summed E-state index contributed by atoms with van der Waals surface area (Å²) in [4.78, 5) is 4.52. The first-order chi connectivity index (χ1) is 12.6. The largest absolute Gasteiger partial charge is 0.495 e. The van der Waals surface area contributed by atoms with Crippen molar-refractivity contribution >= 4 is 34.3 Å². The van der Waals surface area contributed by atoms with Crippen LogP contribution in [-0.2, 0) is 0 Å². The number of nitriles is 1. The van der Waals surface area contributed by atoms with Crippen molar-refractivity contribution in [2.24, 2.45) is 5.10 Å². The highest BCUT2D eigenvalue weighted by Gasteiger charge is 2.11. The summed E-state index contributed by atoms with van der Waals surface area (Å²) in [6, 6.07) is 15.3. The minimum Gasteiger partial charge on any atom is -0.495 e. The third-order valence-corrected chi connectivity index (χ3v) is 4.69. The molecule has 0 amide bonds. The van der Waals surface area contributed by atoms with Crippen LogP contribution in [0.3, 0.4) is 0 Å². The van der Waals surface area contributed by atoms with Gasteiger partial charge in [0.15, 0.2) is 10.7 Å². The van der Waals surface area contributed by atoms with Gasteiger partial charge in [0.1, 0.15) is 11.8 Å². The number of nitrogens with zero attached hydrogens (tertiary/aromatic N) is 3. The quantitative estimate of drug-likeness (QED) is 0.491. The van der Waals surface area contributed by atoms with Crippen LogP contribution in [0.5, 0.6) is 5.75 Å². The van der Waals surface area contributed by atoms with Crippen molar-refractivity contribution in [1.29, 1.82) is 5.26 Å². The Bertz CT molecular complexity index is 990. The number of aromatic nitrogens is 1. The summed E-state index contributed by atoms with van der Waals surface area (Å²) in [5.41, 5.74) is 6.59. The standard InChI is InChI=1S/C19H15ClN4OS/c1-12-3-5-13(6-4-12)17-11-26-19(22-17)16(10-21)24-23-15-9-14(20)7-8-18(15)25-2/h3-9,11,23H,1-2H3. The average Bonchev–Trinajstić information content (AvgIpc) is 3.13. The van der Waals surface area contributed by atoms with Crippen LogP contribution in [0, 0.1) is 18.3 Å². The van der Waals surface area contributed by atoms with Crippen LogP contribution < -0.4 is 10.2 Å². The maximum atomic E-state index is 9.44. The van der Waals surface area contributed by atoms with Gasteiger partial charge in [0.2, 0.25) is 0 Å². The van der Waals surface area contributed by atoms with Gasteiger partial charge in [0, 0.05) is 16.0 Å². The minimum atomic E-state index is 0.190. The molecule has 130 valence electrons. The molecule has 0 bridgehead atoms. The molecule has 0 aliphatic carbocycles. The SMILES string of the molecule is COc1ccc(Cl)cc1NN=C(C#N)c1nc(-c2ccc(C)cc2)cs1. The zero-order chi connectivity index (χ0) is 18.5. The van der Waals surface area contributed by atoms with Gasteiger partial charge in [-0.2, -0.15) is 10.4 Å². The molecule has 0 saturated carbocycles. The van der Waals surface area contributed by atoms with Crippen molar-refractivity contribution in [3.8, 4) is 23.1 Å². The van der Waals surface area contributed by atoms with Crippen molar-refractivity contribution in [3.63, 3.8) is 0 Å².